The van der Waals surface area contributed by atoms with Crippen LogP contribution in [0.4, 0.5) is 0 Å². The van der Waals surface area contributed by atoms with Crippen molar-refractivity contribution in [2.24, 2.45) is 0 Å². The molecule has 0 aromatic rings. The van der Waals surface area contributed by atoms with E-state index in [1.165, 1.54) is 0 Å². The molecule has 2 saturated heterocycles. The molecule has 7 heteroatoms. The SMILES string of the molecule is CC(C)NS(=O)(=O)N1CCN(C2CNC2)CC1. The first kappa shape index (κ1) is 13.2. The smallest absolute Gasteiger partial charge is 0.279 e. The lowest BCUT2D eigenvalue weighted by molar-refractivity contribution is 0.103. The number of hydrogen-bond donors (Lipinski definition) is 2. The Labute approximate surface area is 104 Å². The summed E-state index contributed by atoms with van der Waals surface area (Å²) in [5.74, 6) is 0. The van der Waals surface area contributed by atoms with E-state index in [0.717, 1.165) is 26.2 Å². The van der Waals surface area contributed by atoms with Crippen molar-refractivity contribution in [3.05, 3.63) is 0 Å². The quantitative estimate of drug-likeness (QED) is 0.669. The summed E-state index contributed by atoms with van der Waals surface area (Å²) < 4.78 is 28.1. The second-order valence-corrected chi connectivity index (χ2v) is 6.73. The Morgan fingerprint density at radius 1 is 1.18 bits per heavy atom. The largest absolute Gasteiger partial charge is 0.314 e. The lowest BCUT2D eigenvalue weighted by Gasteiger charge is -2.42. The predicted octanol–water partition coefficient (Wildman–Crippen LogP) is -1.18. The van der Waals surface area contributed by atoms with Gasteiger partial charge in [-0.3, -0.25) is 4.90 Å². The highest BCUT2D eigenvalue weighted by Crippen LogP contribution is 2.11. The fraction of sp³-hybridized carbons (Fsp3) is 1.00. The van der Waals surface area contributed by atoms with Crippen molar-refractivity contribution < 1.29 is 8.42 Å². The highest BCUT2D eigenvalue weighted by Gasteiger charge is 2.31. The van der Waals surface area contributed by atoms with Crippen molar-refractivity contribution in [1.82, 2.24) is 19.2 Å². The Bertz CT molecular complexity index is 345. The molecule has 0 bridgehead atoms. The molecule has 2 heterocycles. The molecular weight excluding hydrogens is 240 g/mol. The molecule has 2 fully saturated rings. The lowest BCUT2D eigenvalue weighted by atomic mass is 10.1. The molecule has 0 radical (unpaired) electrons. The minimum absolute atomic E-state index is 0.0474. The summed E-state index contributed by atoms with van der Waals surface area (Å²) >= 11 is 0. The Morgan fingerprint density at radius 2 is 1.76 bits per heavy atom. The molecule has 6 nitrogen and oxygen atoms in total. The van der Waals surface area contributed by atoms with Gasteiger partial charge in [0.15, 0.2) is 0 Å². The Kier molecular flexibility index (Phi) is 4.04. The maximum absolute atomic E-state index is 11.9. The first-order valence-electron chi connectivity index (χ1n) is 6.21. The fourth-order valence-corrected chi connectivity index (χ4v) is 3.60. The van der Waals surface area contributed by atoms with Gasteiger partial charge in [-0.05, 0) is 13.8 Å². The van der Waals surface area contributed by atoms with Crippen LogP contribution in [0.3, 0.4) is 0 Å². The number of rotatable bonds is 4. The van der Waals surface area contributed by atoms with Crippen LogP contribution in [-0.2, 0) is 10.2 Å². The van der Waals surface area contributed by atoms with E-state index in [-0.39, 0.29) is 6.04 Å². The van der Waals surface area contributed by atoms with Gasteiger partial charge in [0.05, 0.1) is 0 Å². The molecule has 0 amide bonds. The van der Waals surface area contributed by atoms with Gasteiger partial charge in [-0.25, -0.2) is 0 Å². The maximum atomic E-state index is 11.9. The van der Waals surface area contributed by atoms with Crippen LogP contribution in [0, 0.1) is 0 Å². The number of nitrogens with one attached hydrogen (secondary N) is 2. The summed E-state index contributed by atoms with van der Waals surface area (Å²) in [4.78, 5) is 2.37. The molecule has 0 aromatic carbocycles. The van der Waals surface area contributed by atoms with Gasteiger partial charge in [-0.2, -0.15) is 17.4 Å². The van der Waals surface area contributed by atoms with Gasteiger partial charge >= 0.3 is 0 Å². The molecule has 2 aliphatic heterocycles. The van der Waals surface area contributed by atoms with E-state index < -0.39 is 10.2 Å². The van der Waals surface area contributed by atoms with Gasteiger partial charge < -0.3 is 5.32 Å². The topological polar surface area (TPSA) is 64.7 Å². The van der Waals surface area contributed by atoms with Crippen molar-refractivity contribution in [3.63, 3.8) is 0 Å². The zero-order valence-electron chi connectivity index (χ0n) is 10.5. The molecule has 2 rings (SSSR count). The van der Waals surface area contributed by atoms with E-state index in [9.17, 15) is 8.42 Å². The molecule has 100 valence electrons. The van der Waals surface area contributed by atoms with Crippen LogP contribution in [0.15, 0.2) is 0 Å². The van der Waals surface area contributed by atoms with Crippen molar-refractivity contribution in [2.75, 3.05) is 39.3 Å². The van der Waals surface area contributed by atoms with Crippen LogP contribution in [0.5, 0.6) is 0 Å². The Balaban J connectivity index is 1.85. The highest BCUT2D eigenvalue weighted by molar-refractivity contribution is 7.87. The zero-order chi connectivity index (χ0) is 12.5. The minimum atomic E-state index is -3.28. The zero-order valence-corrected chi connectivity index (χ0v) is 11.3. The average Bonchev–Trinajstić information content (AvgIpc) is 2.13. The Morgan fingerprint density at radius 3 is 2.18 bits per heavy atom. The summed E-state index contributed by atoms with van der Waals surface area (Å²) in [7, 11) is -3.28. The molecule has 2 N–H and O–H groups in total. The third kappa shape index (κ3) is 3.17. The van der Waals surface area contributed by atoms with Crippen molar-refractivity contribution in [3.8, 4) is 0 Å². The highest BCUT2D eigenvalue weighted by atomic mass is 32.2. The Hall–Kier alpha value is -0.210. The molecule has 17 heavy (non-hydrogen) atoms. The molecule has 0 unspecified atom stereocenters. The third-order valence-electron chi connectivity index (χ3n) is 3.27. The van der Waals surface area contributed by atoms with E-state index in [0.29, 0.717) is 19.1 Å². The van der Waals surface area contributed by atoms with Crippen LogP contribution in [0.1, 0.15) is 13.8 Å². The van der Waals surface area contributed by atoms with Gasteiger partial charge in [-0.15, -0.1) is 0 Å². The van der Waals surface area contributed by atoms with E-state index in [1.54, 1.807) is 4.31 Å². The van der Waals surface area contributed by atoms with Crippen molar-refractivity contribution >= 4 is 10.2 Å². The molecule has 2 aliphatic rings. The van der Waals surface area contributed by atoms with Crippen molar-refractivity contribution in [2.45, 2.75) is 25.9 Å². The maximum Gasteiger partial charge on any atom is 0.279 e. The summed E-state index contributed by atoms with van der Waals surface area (Å²) in [5.41, 5.74) is 0. The van der Waals surface area contributed by atoms with Gasteiger partial charge in [-0.1, -0.05) is 0 Å². The predicted molar refractivity (Wildman–Crippen MR) is 67.0 cm³/mol. The lowest BCUT2D eigenvalue weighted by Crippen LogP contribution is -2.62. The van der Waals surface area contributed by atoms with Gasteiger partial charge in [0, 0.05) is 51.4 Å². The fourth-order valence-electron chi connectivity index (χ4n) is 2.21. The number of piperazine rings is 1. The summed E-state index contributed by atoms with van der Waals surface area (Å²) in [6.07, 6.45) is 0. The van der Waals surface area contributed by atoms with Gasteiger partial charge in [0.1, 0.15) is 0 Å². The van der Waals surface area contributed by atoms with E-state index >= 15 is 0 Å². The molecule has 0 atom stereocenters. The molecular formula is C10H22N4O2S. The van der Waals surface area contributed by atoms with E-state index in [4.69, 9.17) is 0 Å². The van der Waals surface area contributed by atoms with Gasteiger partial charge in [0.25, 0.3) is 10.2 Å². The molecule has 0 spiro atoms. The third-order valence-corrected chi connectivity index (χ3v) is 5.09. The minimum Gasteiger partial charge on any atom is -0.314 e. The normalized spacial score (nSPS) is 25.1. The van der Waals surface area contributed by atoms with Crippen LogP contribution in [-0.4, -0.2) is 69.0 Å². The molecule has 0 aliphatic carbocycles. The van der Waals surface area contributed by atoms with Crippen LogP contribution in [0.25, 0.3) is 0 Å². The summed E-state index contributed by atoms with van der Waals surface area (Å²) in [6, 6.07) is 0.562. The standard InChI is InChI=1S/C10H22N4O2S/c1-9(2)12-17(15,16)14-5-3-13(4-6-14)10-7-11-8-10/h9-12H,3-8H2,1-2H3. The molecule has 0 aromatic heterocycles. The van der Waals surface area contributed by atoms with Crippen LogP contribution >= 0.6 is 0 Å². The first-order valence-corrected chi connectivity index (χ1v) is 7.65. The summed E-state index contributed by atoms with van der Waals surface area (Å²) in [5, 5.41) is 3.24. The first-order chi connectivity index (χ1) is 7.99. The second-order valence-electron chi connectivity index (χ2n) is 5.02. The second kappa shape index (κ2) is 5.19. The van der Waals surface area contributed by atoms with Crippen molar-refractivity contribution in [1.29, 1.82) is 0 Å². The summed E-state index contributed by atoms with van der Waals surface area (Å²) in [6.45, 7) is 8.63. The molecule has 0 saturated carbocycles. The average molecular weight is 262 g/mol. The van der Waals surface area contributed by atoms with E-state index in [1.807, 2.05) is 13.8 Å². The van der Waals surface area contributed by atoms with Crippen LogP contribution in [0.2, 0.25) is 0 Å². The number of nitrogens with zero attached hydrogens (tertiary/aromatic N) is 2. The van der Waals surface area contributed by atoms with E-state index in [2.05, 4.69) is 14.9 Å². The monoisotopic (exact) mass is 262 g/mol. The number of hydrogen-bond acceptors (Lipinski definition) is 4. The van der Waals surface area contributed by atoms with Gasteiger partial charge in [0.2, 0.25) is 0 Å². The van der Waals surface area contributed by atoms with Crippen LogP contribution < -0.4 is 10.0 Å².